The van der Waals surface area contributed by atoms with Gasteiger partial charge in [-0.25, -0.2) is 4.39 Å². The van der Waals surface area contributed by atoms with Gasteiger partial charge in [-0.15, -0.1) is 0 Å². The molecule has 0 radical (unpaired) electrons. The summed E-state index contributed by atoms with van der Waals surface area (Å²) in [4.78, 5) is 12.6. The molecule has 0 unspecified atom stereocenters. The highest BCUT2D eigenvalue weighted by atomic mass is 19.4. The fourth-order valence-electron chi connectivity index (χ4n) is 1.42. The number of hydrogen-bond donors (Lipinski definition) is 2. The second-order valence-electron chi connectivity index (χ2n) is 3.94. The molecule has 5 nitrogen and oxygen atoms in total. The lowest BCUT2D eigenvalue weighted by Gasteiger charge is -2.17. The summed E-state index contributed by atoms with van der Waals surface area (Å²) in [6.07, 6.45) is -4.69. The van der Waals surface area contributed by atoms with E-state index in [9.17, 15) is 22.4 Å². The molecule has 9 heteroatoms. The predicted molar refractivity (Wildman–Crippen MR) is 61.8 cm³/mol. The number of hydrogen-bond acceptors (Lipinski definition) is 3. The number of nitrogens with two attached hydrogens (primary N) is 1. The molecule has 0 aliphatic heterocycles. The van der Waals surface area contributed by atoms with E-state index in [-0.39, 0.29) is 12.4 Å². The molecule has 0 saturated heterocycles. The van der Waals surface area contributed by atoms with Crippen LogP contribution in [0, 0.1) is 5.82 Å². The summed E-state index contributed by atoms with van der Waals surface area (Å²) in [6, 6.07) is 1.52. The fourth-order valence-corrected chi connectivity index (χ4v) is 1.42. The summed E-state index contributed by atoms with van der Waals surface area (Å²) in [6.45, 7) is -0.356. The lowest BCUT2D eigenvalue weighted by Crippen LogP contribution is -2.36. The third-order valence-electron chi connectivity index (χ3n) is 2.40. The SMILES string of the molecule is CN(C/C(N)=N/O)C(=O)c1cc(C(F)(F)F)ccc1F. The van der Waals surface area contributed by atoms with Crippen molar-refractivity contribution in [3.8, 4) is 0 Å². The van der Waals surface area contributed by atoms with E-state index in [2.05, 4.69) is 5.16 Å². The van der Waals surface area contributed by atoms with Gasteiger partial charge in [-0.1, -0.05) is 5.16 Å². The van der Waals surface area contributed by atoms with Gasteiger partial charge >= 0.3 is 6.18 Å². The van der Waals surface area contributed by atoms with Crippen LogP contribution in [0.25, 0.3) is 0 Å². The van der Waals surface area contributed by atoms with Gasteiger partial charge in [-0.2, -0.15) is 13.2 Å². The first-order chi connectivity index (χ1) is 9.16. The van der Waals surface area contributed by atoms with Crippen LogP contribution in [0.15, 0.2) is 23.4 Å². The number of rotatable bonds is 3. The number of benzene rings is 1. The summed E-state index contributed by atoms with van der Waals surface area (Å²) in [5.41, 5.74) is 3.28. The van der Waals surface area contributed by atoms with E-state index in [1.165, 1.54) is 7.05 Å². The second-order valence-corrected chi connectivity index (χ2v) is 3.94. The van der Waals surface area contributed by atoms with Gasteiger partial charge < -0.3 is 15.8 Å². The minimum atomic E-state index is -4.69. The maximum Gasteiger partial charge on any atom is 0.416 e. The van der Waals surface area contributed by atoms with Gasteiger partial charge in [-0.05, 0) is 18.2 Å². The van der Waals surface area contributed by atoms with E-state index in [1.54, 1.807) is 0 Å². The third-order valence-corrected chi connectivity index (χ3v) is 2.40. The quantitative estimate of drug-likeness (QED) is 0.292. The molecule has 1 rings (SSSR count). The number of amides is 1. The lowest BCUT2D eigenvalue weighted by atomic mass is 10.1. The van der Waals surface area contributed by atoms with E-state index >= 15 is 0 Å². The zero-order chi connectivity index (χ0) is 15.5. The highest BCUT2D eigenvalue weighted by Crippen LogP contribution is 2.30. The van der Waals surface area contributed by atoms with Crippen LogP contribution in [0.5, 0.6) is 0 Å². The molecular weight excluding hydrogens is 282 g/mol. The molecule has 1 aromatic carbocycles. The van der Waals surface area contributed by atoms with E-state index in [1.807, 2.05) is 0 Å². The second kappa shape index (κ2) is 5.76. The van der Waals surface area contributed by atoms with Crippen molar-refractivity contribution in [1.82, 2.24) is 4.90 Å². The maximum atomic E-state index is 13.5. The minimum absolute atomic E-state index is 0.340. The van der Waals surface area contributed by atoms with Crippen LogP contribution in [0.3, 0.4) is 0 Å². The molecule has 0 saturated carbocycles. The molecule has 3 N–H and O–H groups in total. The van der Waals surface area contributed by atoms with Crippen LogP contribution in [0.4, 0.5) is 17.6 Å². The summed E-state index contributed by atoms with van der Waals surface area (Å²) < 4.78 is 51.0. The zero-order valence-electron chi connectivity index (χ0n) is 10.3. The molecule has 0 atom stereocenters. The van der Waals surface area contributed by atoms with Gasteiger partial charge in [0.05, 0.1) is 17.7 Å². The summed E-state index contributed by atoms with van der Waals surface area (Å²) >= 11 is 0. The molecule has 110 valence electrons. The topological polar surface area (TPSA) is 78.9 Å². The Bertz CT molecular complexity index is 543. The first-order valence-corrected chi connectivity index (χ1v) is 5.25. The van der Waals surface area contributed by atoms with Crippen LogP contribution in [-0.2, 0) is 6.18 Å². The van der Waals surface area contributed by atoms with Crippen molar-refractivity contribution in [2.45, 2.75) is 6.18 Å². The van der Waals surface area contributed by atoms with Gasteiger partial charge in [-0.3, -0.25) is 4.79 Å². The van der Waals surface area contributed by atoms with Crippen molar-refractivity contribution in [2.24, 2.45) is 10.9 Å². The van der Waals surface area contributed by atoms with Crippen LogP contribution in [0.1, 0.15) is 15.9 Å². The minimum Gasteiger partial charge on any atom is -0.409 e. The third kappa shape index (κ3) is 3.59. The van der Waals surface area contributed by atoms with Crippen molar-refractivity contribution in [3.63, 3.8) is 0 Å². The number of oxime groups is 1. The Labute approximate surface area is 111 Å². The highest BCUT2D eigenvalue weighted by molar-refractivity contribution is 5.97. The predicted octanol–water partition coefficient (Wildman–Crippen LogP) is 1.66. The van der Waals surface area contributed by atoms with Crippen LogP contribution >= 0.6 is 0 Å². The van der Waals surface area contributed by atoms with E-state index in [0.717, 1.165) is 4.90 Å². The van der Waals surface area contributed by atoms with Crippen LogP contribution in [-0.4, -0.2) is 35.4 Å². The van der Waals surface area contributed by atoms with Crippen molar-refractivity contribution < 1.29 is 27.6 Å². The molecule has 0 aliphatic carbocycles. The van der Waals surface area contributed by atoms with Crippen LogP contribution in [0.2, 0.25) is 0 Å². The normalized spacial score (nSPS) is 12.3. The number of amidine groups is 1. The number of alkyl halides is 3. The van der Waals surface area contributed by atoms with Gasteiger partial charge in [0.25, 0.3) is 5.91 Å². The first-order valence-electron chi connectivity index (χ1n) is 5.25. The molecule has 0 fully saturated rings. The molecule has 0 bridgehead atoms. The van der Waals surface area contributed by atoms with Gasteiger partial charge in [0.15, 0.2) is 5.84 Å². The molecule has 0 heterocycles. The lowest BCUT2D eigenvalue weighted by molar-refractivity contribution is -0.137. The Morgan fingerprint density at radius 3 is 2.55 bits per heavy atom. The molecular formula is C11H11F4N3O2. The van der Waals surface area contributed by atoms with Crippen LogP contribution < -0.4 is 5.73 Å². The molecule has 1 aromatic rings. The van der Waals surface area contributed by atoms with Crippen molar-refractivity contribution >= 4 is 11.7 Å². The van der Waals surface area contributed by atoms with Crippen molar-refractivity contribution in [2.75, 3.05) is 13.6 Å². The fraction of sp³-hybridized carbons (Fsp3) is 0.273. The van der Waals surface area contributed by atoms with Gasteiger partial charge in [0, 0.05) is 7.05 Å². The number of carbonyl (C=O) groups excluding carboxylic acids is 1. The van der Waals surface area contributed by atoms with E-state index < -0.39 is 29.0 Å². The molecule has 0 spiro atoms. The highest BCUT2D eigenvalue weighted by Gasteiger charge is 2.32. The Kier molecular flexibility index (Phi) is 4.53. The smallest absolute Gasteiger partial charge is 0.409 e. The number of carbonyl (C=O) groups is 1. The van der Waals surface area contributed by atoms with E-state index in [0.29, 0.717) is 18.2 Å². The number of likely N-dealkylation sites (N-methyl/N-ethyl adjacent to an activating group) is 1. The van der Waals surface area contributed by atoms with Crippen molar-refractivity contribution in [1.29, 1.82) is 0 Å². The monoisotopic (exact) mass is 293 g/mol. The Balaban J connectivity index is 3.09. The largest absolute Gasteiger partial charge is 0.416 e. The zero-order valence-corrected chi connectivity index (χ0v) is 10.3. The Morgan fingerprint density at radius 2 is 2.05 bits per heavy atom. The Hall–Kier alpha value is -2.32. The number of halogens is 4. The summed E-state index contributed by atoms with van der Waals surface area (Å²) in [7, 11) is 1.18. The number of nitrogens with zero attached hydrogens (tertiary/aromatic N) is 2. The standard InChI is InChI=1S/C11H11F4N3O2/c1-18(5-9(16)17-20)10(19)7-4-6(11(13,14)15)2-3-8(7)12/h2-4,20H,5H2,1H3,(H2,16,17). The molecule has 0 aliphatic rings. The average Bonchev–Trinajstić information content (AvgIpc) is 2.36. The maximum absolute atomic E-state index is 13.5. The summed E-state index contributed by atoms with van der Waals surface area (Å²) in [5, 5.41) is 11.0. The van der Waals surface area contributed by atoms with Crippen molar-refractivity contribution in [3.05, 3.63) is 35.1 Å². The molecule has 20 heavy (non-hydrogen) atoms. The van der Waals surface area contributed by atoms with Gasteiger partial charge in [0.1, 0.15) is 5.82 Å². The molecule has 1 amide bonds. The summed E-state index contributed by atoms with van der Waals surface area (Å²) in [5.74, 6) is -2.44. The Morgan fingerprint density at radius 1 is 1.45 bits per heavy atom. The van der Waals surface area contributed by atoms with E-state index in [4.69, 9.17) is 10.9 Å². The van der Waals surface area contributed by atoms with Gasteiger partial charge in [0.2, 0.25) is 0 Å². The first kappa shape index (κ1) is 15.7. The molecule has 0 aromatic heterocycles. The average molecular weight is 293 g/mol.